The van der Waals surface area contributed by atoms with Gasteiger partial charge in [-0.3, -0.25) is 4.98 Å². The van der Waals surface area contributed by atoms with Crippen LogP contribution in [-0.4, -0.2) is 4.98 Å². The number of nitrogens with zero attached hydrogens (tertiary/aromatic N) is 1. The normalized spacial score (nSPS) is 11.5. The van der Waals surface area contributed by atoms with Gasteiger partial charge in [-0.05, 0) is 23.4 Å². The SMILES string of the molecule is C=C/C=c1/cnc(C)cc1=C. The topological polar surface area (TPSA) is 12.9 Å². The van der Waals surface area contributed by atoms with E-state index in [0.717, 1.165) is 16.1 Å². The summed E-state index contributed by atoms with van der Waals surface area (Å²) in [6.45, 7) is 9.44. The number of hydrogen-bond donors (Lipinski definition) is 0. The average molecular weight is 145 g/mol. The van der Waals surface area contributed by atoms with E-state index < -0.39 is 0 Å². The summed E-state index contributed by atoms with van der Waals surface area (Å²) in [5.74, 6) is 0. The third-order valence-electron chi connectivity index (χ3n) is 1.46. The van der Waals surface area contributed by atoms with Gasteiger partial charge in [-0.1, -0.05) is 25.3 Å². The van der Waals surface area contributed by atoms with Crippen LogP contribution in [0.15, 0.2) is 24.9 Å². The van der Waals surface area contributed by atoms with Gasteiger partial charge in [0.1, 0.15) is 0 Å². The fraction of sp³-hybridized carbons (Fsp3) is 0.100. The highest BCUT2D eigenvalue weighted by molar-refractivity contribution is 5.35. The molecule has 0 aromatic carbocycles. The number of pyridine rings is 1. The molecule has 0 aliphatic heterocycles. The largest absolute Gasteiger partial charge is 0.261 e. The molecule has 1 aromatic heterocycles. The van der Waals surface area contributed by atoms with Crippen molar-refractivity contribution in [2.24, 2.45) is 0 Å². The van der Waals surface area contributed by atoms with Gasteiger partial charge in [0.25, 0.3) is 0 Å². The molecule has 0 atom stereocenters. The molecule has 0 unspecified atom stereocenters. The standard InChI is InChI=1S/C10H11N/c1-4-5-10-7-11-9(3)6-8(10)2/h4-7H,1-2H2,3H3/b10-5-. The maximum absolute atomic E-state index is 4.14. The van der Waals surface area contributed by atoms with Gasteiger partial charge in [0.05, 0.1) is 0 Å². The van der Waals surface area contributed by atoms with Crippen molar-refractivity contribution in [1.29, 1.82) is 0 Å². The predicted molar refractivity (Wildman–Crippen MR) is 48.4 cm³/mol. The van der Waals surface area contributed by atoms with E-state index in [-0.39, 0.29) is 0 Å². The van der Waals surface area contributed by atoms with Crippen molar-refractivity contribution in [2.75, 3.05) is 0 Å². The van der Waals surface area contributed by atoms with Crippen molar-refractivity contribution in [1.82, 2.24) is 4.98 Å². The van der Waals surface area contributed by atoms with Crippen LogP contribution < -0.4 is 10.4 Å². The van der Waals surface area contributed by atoms with Gasteiger partial charge in [-0.2, -0.15) is 0 Å². The number of aryl methyl sites for hydroxylation is 1. The van der Waals surface area contributed by atoms with Crippen molar-refractivity contribution in [3.63, 3.8) is 0 Å². The Kier molecular flexibility index (Phi) is 2.21. The van der Waals surface area contributed by atoms with Crippen LogP contribution in [0.25, 0.3) is 12.7 Å². The quantitative estimate of drug-likeness (QED) is 0.568. The van der Waals surface area contributed by atoms with Crippen LogP contribution in [0.3, 0.4) is 0 Å². The van der Waals surface area contributed by atoms with Crippen LogP contribution in [0.4, 0.5) is 0 Å². The Labute approximate surface area is 66.4 Å². The summed E-state index contributed by atoms with van der Waals surface area (Å²) in [6, 6.07) is 1.95. The van der Waals surface area contributed by atoms with E-state index in [4.69, 9.17) is 0 Å². The van der Waals surface area contributed by atoms with Crippen LogP contribution in [0.1, 0.15) is 5.69 Å². The lowest BCUT2D eigenvalue weighted by molar-refractivity contribution is 1.17. The van der Waals surface area contributed by atoms with E-state index in [0.29, 0.717) is 0 Å². The molecule has 0 saturated carbocycles. The van der Waals surface area contributed by atoms with Gasteiger partial charge in [-0.25, -0.2) is 0 Å². The highest BCUT2D eigenvalue weighted by atomic mass is 14.6. The summed E-state index contributed by atoms with van der Waals surface area (Å²) in [7, 11) is 0. The van der Waals surface area contributed by atoms with E-state index in [1.165, 1.54) is 0 Å². The fourth-order valence-corrected chi connectivity index (χ4v) is 0.904. The third-order valence-corrected chi connectivity index (χ3v) is 1.46. The zero-order chi connectivity index (χ0) is 8.27. The first-order valence-electron chi connectivity index (χ1n) is 3.48. The highest BCUT2D eigenvalue weighted by Crippen LogP contribution is 1.78. The summed E-state index contributed by atoms with van der Waals surface area (Å²) < 4.78 is 0. The lowest BCUT2D eigenvalue weighted by Crippen LogP contribution is -2.23. The first kappa shape index (κ1) is 7.73. The van der Waals surface area contributed by atoms with Crippen LogP contribution in [0.5, 0.6) is 0 Å². The second-order valence-electron chi connectivity index (χ2n) is 2.43. The Morgan fingerprint density at radius 1 is 1.55 bits per heavy atom. The molecule has 0 saturated heterocycles. The molecule has 0 bridgehead atoms. The second-order valence-corrected chi connectivity index (χ2v) is 2.43. The van der Waals surface area contributed by atoms with E-state index in [9.17, 15) is 0 Å². The summed E-state index contributed by atoms with van der Waals surface area (Å²) in [5.41, 5.74) is 0.996. The van der Waals surface area contributed by atoms with Crippen molar-refractivity contribution >= 4 is 12.7 Å². The van der Waals surface area contributed by atoms with Crippen LogP contribution in [-0.2, 0) is 0 Å². The van der Waals surface area contributed by atoms with Crippen LogP contribution >= 0.6 is 0 Å². The van der Waals surface area contributed by atoms with E-state index in [2.05, 4.69) is 18.1 Å². The highest BCUT2D eigenvalue weighted by Gasteiger charge is 1.83. The molecule has 1 aromatic rings. The molecular weight excluding hydrogens is 134 g/mol. The molecule has 1 heterocycles. The molecule has 1 rings (SSSR count). The molecule has 11 heavy (non-hydrogen) atoms. The minimum atomic E-state index is 0.996. The Morgan fingerprint density at radius 3 is 2.82 bits per heavy atom. The molecule has 0 radical (unpaired) electrons. The van der Waals surface area contributed by atoms with E-state index in [1.54, 1.807) is 12.3 Å². The smallest absolute Gasteiger partial charge is 0.0378 e. The number of rotatable bonds is 1. The zero-order valence-electron chi connectivity index (χ0n) is 6.67. The summed E-state index contributed by atoms with van der Waals surface area (Å²) in [4.78, 5) is 4.14. The molecule has 0 fully saturated rings. The second kappa shape index (κ2) is 3.15. The third kappa shape index (κ3) is 1.77. The zero-order valence-corrected chi connectivity index (χ0v) is 6.67. The minimum Gasteiger partial charge on any atom is -0.261 e. The average Bonchev–Trinajstić information content (AvgIpc) is 1.95. The Morgan fingerprint density at radius 2 is 2.27 bits per heavy atom. The van der Waals surface area contributed by atoms with E-state index >= 15 is 0 Å². The van der Waals surface area contributed by atoms with Gasteiger partial charge in [-0.15, -0.1) is 0 Å². The maximum Gasteiger partial charge on any atom is 0.0378 e. The minimum absolute atomic E-state index is 0.996. The number of aromatic nitrogens is 1. The van der Waals surface area contributed by atoms with E-state index in [1.807, 2.05) is 19.1 Å². The van der Waals surface area contributed by atoms with Crippen LogP contribution in [0, 0.1) is 6.92 Å². The number of hydrogen-bond acceptors (Lipinski definition) is 1. The summed E-state index contributed by atoms with van der Waals surface area (Å²) in [5, 5.41) is 2.03. The van der Waals surface area contributed by atoms with Crippen molar-refractivity contribution < 1.29 is 0 Å². The summed E-state index contributed by atoms with van der Waals surface area (Å²) in [6.07, 6.45) is 5.44. The van der Waals surface area contributed by atoms with Crippen molar-refractivity contribution in [2.45, 2.75) is 6.92 Å². The first-order chi connectivity index (χ1) is 5.24. The van der Waals surface area contributed by atoms with Gasteiger partial charge >= 0.3 is 0 Å². The molecule has 0 N–H and O–H groups in total. The van der Waals surface area contributed by atoms with Gasteiger partial charge < -0.3 is 0 Å². The monoisotopic (exact) mass is 145 g/mol. The lowest BCUT2D eigenvalue weighted by atomic mass is 10.2. The Bertz CT molecular complexity index is 363. The molecule has 0 amide bonds. The van der Waals surface area contributed by atoms with Gasteiger partial charge in [0.15, 0.2) is 0 Å². The molecule has 0 spiro atoms. The van der Waals surface area contributed by atoms with Crippen molar-refractivity contribution in [3.8, 4) is 0 Å². The molecule has 1 heteroatoms. The fourth-order valence-electron chi connectivity index (χ4n) is 0.904. The molecule has 0 aliphatic carbocycles. The first-order valence-corrected chi connectivity index (χ1v) is 3.48. The van der Waals surface area contributed by atoms with Crippen molar-refractivity contribution in [3.05, 3.63) is 41.0 Å². The molecule has 1 nitrogen and oxygen atoms in total. The van der Waals surface area contributed by atoms with Gasteiger partial charge in [0, 0.05) is 11.9 Å². The number of allylic oxidation sites excluding steroid dienone is 1. The maximum atomic E-state index is 4.14. The Balaban J connectivity index is 3.43. The Hall–Kier alpha value is -1.37. The lowest BCUT2D eigenvalue weighted by Gasteiger charge is -1.89. The van der Waals surface area contributed by atoms with Crippen LogP contribution in [0.2, 0.25) is 0 Å². The van der Waals surface area contributed by atoms with Gasteiger partial charge in [0.2, 0.25) is 0 Å². The molecule has 56 valence electrons. The summed E-state index contributed by atoms with van der Waals surface area (Å²) >= 11 is 0. The predicted octanol–water partition coefficient (Wildman–Crippen LogP) is 0.767. The molecule has 0 aliphatic rings. The molecular formula is C10H11N.